The van der Waals surface area contributed by atoms with E-state index < -0.39 is 0 Å². The summed E-state index contributed by atoms with van der Waals surface area (Å²) in [5.74, 6) is 0.572. The molecule has 1 aromatic rings. The van der Waals surface area contributed by atoms with E-state index in [1.165, 1.54) is 6.07 Å². The van der Waals surface area contributed by atoms with Crippen LogP contribution in [0, 0.1) is 11.7 Å². The highest BCUT2D eigenvalue weighted by Crippen LogP contribution is 2.32. The predicted octanol–water partition coefficient (Wildman–Crippen LogP) is 1.57. The summed E-state index contributed by atoms with van der Waals surface area (Å²) in [4.78, 5) is 2.27. The van der Waals surface area contributed by atoms with Crippen molar-refractivity contribution in [2.45, 2.75) is 18.8 Å². The Kier molecular flexibility index (Phi) is 5.31. The van der Waals surface area contributed by atoms with Gasteiger partial charge < -0.3 is 15.7 Å². The van der Waals surface area contributed by atoms with Crippen LogP contribution in [0.4, 0.5) is 4.39 Å². The molecule has 1 aromatic carbocycles. The summed E-state index contributed by atoms with van der Waals surface area (Å²) in [5, 5.41) is 8.94. The Morgan fingerprint density at radius 3 is 2.68 bits per heavy atom. The van der Waals surface area contributed by atoms with Gasteiger partial charge in [0.25, 0.3) is 0 Å². The molecule has 2 rings (SSSR count). The fraction of sp³-hybridized carbons (Fsp3) is 0.600. The second-order valence-electron chi connectivity index (χ2n) is 5.30. The van der Waals surface area contributed by atoms with Gasteiger partial charge in [0.2, 0.25) is 0 Å². The van der Waals surface area contributed by atoms with Crippen molar-refractivity contribution < 1.29 is 9.50 Å². The average Bonchev–Trinajstić information content (AvgIpc) is 2.42. The molecule has 4 heteroatoms. The number of aliphatic hydroxyl groups is 1. The Labute approximate surface area is 114 Å². The predicted molar refractivity (Wildman–Crippen MR) is 74.4 cm³/mol. The SMILES string of the molecule is NCC(c1cccc(F)c1)C1CCN(CCO)CC1. The quantitative estimate of drug-likeness (QED) is 0.850. The third kappa shape index (κ3) is 3.75. The van der Waals surface area contributed by atoms with Gasteiger partial charge in [0.05, 0.1) is 6.61 Å². The minimum Gasteiger partial charge on any atom is -0.395 e. The number of aliphatic hydroxyl groups excluding tert-OH is 1. The van der Waals surface area contributed by atoms with Crippen molar-refractivity contribution in [3.63, 3.8) is 0 Å². The summed E-state index contributed by atoms with van der Waals surface area (Å²) in [6, 6.07) is 6.81. The summed E-state index contributed by atoms with van der Waals surface area (Å²) < 4.78 is 13.3. The van der Waals surface area contributed by atoms with E-state index in [2.05, 4.69) is 4.90 Å². The molecule has 3 N–H and O–H groups in total. The summed E-state index contributed by atoms with van der Waals surface area (Å²) in [6.07, 6.45) is 2.14. The Balaban J connectivity index is 1.99. The number of hydrogen-bond acceptors (Lipinski definition) is 3. The van der Waals surface area contributed by atoms with Crippen LogP contribution in [0.15, 0.2) is 24.3 Å². The van der Waals surface area contributed by atoms with Crippen molar-refractivity contribution in [2.75, 3.05) is 32.8 Å². The van der Waals surface area contributed by atoms with E-state index in [-0.39, 0.29) is 18.3 Å². The van der Waals surface area contributed by atoms with Crippen molar-refractivity contribution in [3.05, 3.63) is 35.6 Å². The van der Waals surface area contributed by atoms with Crippen LogP contribution in [0.1, 0.15) is 24.3 Å². The van der Waals surface area contributed by atoms with Gasteiger partial charge in [-0.1, -0.05) is 12.1 Å². The first-order chi connectivity index (χ1) is 9.24. The smallest absolute Gasteiger partial charge is 0.123 e. The van der Waals surface area contributed by atoms with E-state index >= 15 is 0 Å². The lowest BCUT2D eigenvalue weighted by atomic mass is 9.80. The van der Waals surface area contributed by atoms with Crippen LogP contribution in [0.25, 0.3) is 0 Å². The van der Waals surface area contributed by atoms with Crippen LogP contribution in [0.3, 0.4) is 0 Å². The van der Waals surface area contributed by atoms with E-state index in [0.717, 1.165) is 38.0 Å². The Hall–Kier alpha value is -0.970. The summed E-state index contributed by atoms with van der Waals surface area (Å²) in [7, 11) is 0. The zero-order valence-electron chi connectivity index (χ0n) is 11.3. The first-order valence-corrected chi connectivity index (χ1v) is 7.03. The Bertz CT molecular complexity index is 391. The number of benzene rings is 1. The molecule has 1 fully saturated rings. The fourth-order valence-electron chi connectivity index (χ4n) is 3.06. The molecule has 0 spiro atoms. The van der Waals surface area contributed by atoms with Crippen LogP contribution in [0.5, 0.6) is 0 Å². The lowest BCUT2D eigenvalue weighted by molar-refractivity contribution is 0.138. The summed E-state index contributed by atoms with van der Waals surface area (Å²) >= 11 is 0. The van der Waals surface area contributed by atoms with Crippen molar-refractivity contribution >= 4 is 0 Å². The molecular formula is C15H23FN2O. The zero-order chi connectivity index (χ0) is 13.7. The first-order valence-electron chi connectivity index (χ1n) is 7.03. The van der Waals surface area contributed by atoms with Gasteiger partial charge in [-0.25, -0.2) is 4.39 Å². The number of likely N-dealkylation sites (tertiary alicyclic amines) is 1. The molecule has 1 heterocycles. The first kappa shape index (κ1) is 14.4. The van der Waals surface area contributed by atoms with Crippen molar-refractivity contribution in [2.24, 2.45) is 11.7 Å². The maximum absolute atomic E-state index is 13.3. The molecule has 0 radical (unpaired) electrons. The van der Waals surface area contributed by atoms with Gasteiger partial charge in [-0.2, -0.15) is 0 Å². The van der Waals surface area contributed by atoms with Crippen molar-refractivity contribution in [1.82, 2.24) is 4.90 Å². The normalized spacial score (nSPS) is 19.5. The number of β-amino-alcohol motifs (C(OH)–C–C–N with tert-alkyl or cyclic N) is 1. The van der Waals surface area contributed by atoms with E-state index in [0.29, 0.717) is 12.5 Å². The average molecular weight is 266 g/mol. The topological polar surface area (TPSA) is 49.5 Å². The lowest BCUT2D eigenvalue weighted by Gasteiger charge is -2.35. The number of nitrogens with two attached hydrogens (primary N) is 1. The molecule has 0 aliphatic carbocycles. The number of rotatable bonds is 5. The molecule has 0 aromatic heterocycles. The molecule has 1 aliphatic rings. The minimum atomic E-state index is -0.186. The maximum Gasteiger partial charge on any atom is 0.123 e. The zero-order valence-corrected chi connectivity index (χ0v) is 11.3. The van der Waals surface area contributed by atoms with Gasteiger partial charge in [0, 0.05) is 6.54 Å². The van der Waals surface area contributed by atoms with Gasteiger partial charge in [-0.05, 0) is 62.0 Å². The fourth-order valence-corrected chi connectivity index (χ4v) is 3.06. The third-order valence-corrected chi connectivity index (χ3v) is 4.15. The van der Waals surface area contributed by atoms with Crippen LogP contribution in [-0.2, 0) is 0 Å². The summed E-state index contributed by atoms with van der Waals surface area (Å²) in [6.45, 7) is 3.52. The molecule has 0 saturated carbocycles. The minimum absolute atomic E-state index is 0.186. The summed E-state index contributed by atoms with van der Waals surface area (Å²) in [5.41, 5.74) is 6.92. The number of hydrogen-bond donors (Lipinski definition) is 2. The van der Waals surface area contributed by atoms with Crippen LogP contribution >= 0.6 is 0 Å². The largest absolute Gasteiger partial charge is 0.395 e. The molecule has 1 atom stereocenters. The molecule has 3 nitrogen and oxygen atoms in total. The number of nitrogens with zero attached hydrogens (tertiary/aromatic N) is 1. The van der Waals surface area contributed by atoms with E-state index in [9.17, 15) is 4.39 Å². The molecule has 0 bridgehead atoms. The Morgan fingerprint density at radius 2 is 2.11 bits per heavy atom. The molecule has 1 unspecified atom stereocenters. The third-order valence-electron chi connectivity index (χ3n) is 4.15. The van der Waals surface area contributed by atoms with Gasteiger partial charge in [-0.15, -0.1) is 0 Å². The van der Waals surface area contributed by atoms with E-state index in [1.807, 2.05) is 6.07 Å². The van der Waals surface area contributed by atoms with Crippen LogP contribution in [0.2, 0.25) is 0 Å². The highest BCUT2D eigenvalue weighted by atomic mass is 19.1. The monoisotopic (exact) mass is 266 g/mol. The number of halogens is 1. The lowest BCUT2D eigenvalue weighted by Crippen LogP contribution is -2.38. The van der Waals surface area contributed by atoms with Gasteiger partial charge in [0.1, 0.15) is 5.82 Å². The molecular weight excluding hydrogens is 243 g/mol. The van der Waals surface area contributed by atoms with Crippen LogP contribution < -0.4 is 5.73 Å². The molecule has 1 aliphatic heterocycles. The number of piperidine rings is 1. The van der Waals surface area contributed by atoms with Crippen molar-refractivity contribution in [1.29, 1.82) is 0 Å². The highest BCUT2D eigenvalue weighted by molar-refractivity contribution is 5.22. The molecule has 19 heavy (non-hydrogen) atoms. The van der Waals surface area contributed by atoms with Gasteiger partial charge >= 0.3 is 0 Å². The highest BCUT2D eigenvalue weighted by Gasteiger charge is 2.26. The van der Waals surface area contributed by atoms with Crippen LogP contribution in [-0.4, -0.2) is 42.8 Å². The van der Waals surface area contributed by atoms with E-state index in [1.54, 1.807) is 12.1 Å². The second kappa shape index (κ2) is 6.98. The molecule has 1 saturated heterocycles. The standard InChI is InChI=1S/C15H23FN2O/c16-14-3-1-2-13(10-14)15(11-17)12-4-6-18(7-5-12)8-9-19/h1-3,10,12,15,19H,4-9,11,17H2. The van der Waals surface area contributed by atoms with Gasteiger partial charge in [-0.3, -0.25) is 0 Å². The molecule has 106 valence electrons. The second-order valence-corrected chi connectivity index (χ2v) is 5.30. The van der Waals surface area contributed by atoms with Crippen molar-refractivity contribution in [3.8, 4) is 0 Å². The maximum atomic E-state index is 13.3. The van der Waals surface area contributed by atoms with Gasteiger partial charge in [0.15, 0.2) is 0 Å². The van der Waals surface area contributed by atoms with E-state index in [4.69, 9.17) is 10.8 Å². The Morgan fingerprint density at radius 1 is 1.37 bits per heavy atom. The molecule has 0 amide bonds.